The highest BCUT2D eigenvalue weighted by atomic mass is 35.5. The number of benzene rings is 2. The SMILES string of the molecule is O=C1C[C@H](c2nc(-c3ccc(S(=O)(=O)N4CCCC4)cc3)no2)CN1c1cccc(Cl)c1. The number of halogens is 1. The van der Waals surface area contributed by atoms with Gasteiger partial charge < -0.3 is 9.42 Å². The second-order valence-corrected chi connectivity index (χ2v) is 10.4. The van der Waals surface area contributed by atoms with Crippen molar-refractivity contribution < 1.29 is 17.7 Å². The first-order valence-corrected chi connectivity index (χ1v) is 12.2. The fourth-order valence-corrected chi connectivity index (χ4v) is 5.84. The van der Waals surface area contributed by atoms with Crippen LogP contribution in [0.5, 0.6) is 0 Å². The number of anilines is 1. The Kier molecular flexibility index (Phi) is 5.48. The van der Waals surface area contributed by atoms with Crippen molar-refractivity contribution in [3.8, 4) is 11.4 Å². The van der Waals surface area contributed by atoms with Crippen molar-refractivity contribution in [3.63, 3.8) is 0 Å². The van der Waals surface area contributed by atoms with E-state index in [4.69, 9.17) is 16.1 Å². The summed E-state index contributed by atoms with van der Waals surface area (Å²) in [6, 6.07) is 13.6. The van der Waals surface area contributed by atoms with Gasteiger partial charge in [0.15, 0.2) is 0 Å². The van der Waals surface area contributed by atoms with E-state index >= 15 is 0 Å². The number of aromatic nitrogens is 2. The molecule has 0 bridgehead atoms. The van der Waals surface area contributed by atoms with Gasteiger partial charge in [-0.15, -0.1) is 0 Å². The molecule has 2 aliphatic heterocycles. The smallest absolute Gasteiger partial charge is 0.243 e. The molecule has 2 saturated heterocycles. The first-order valence-electron chi connectivity index (χ1n) is 10.4. The van der Waals surface area contributed by atoms with Crippen LogP contribution in [0, 0.1) is 0 Å². The molecule has 2 fully saturated rings. The van der Waals surface area contributed by atoms with Gasteiger partial charge in [0.2, 0.25) is 27.6 Å². The summed E-state index contributed by atoms with van der Waals surface area (Å²) < 4.78 is 32.3. The number of sulfonamides is 1. The van der Waals surface area contributed by atoms with Gasteiger partial charge >= 0.3 is 0 Å². The summed E-state index contributed by atoms with van der Waals surface area (Å²) >= 11 is 6.05. The number of carbonyl (C=O) groups is 1. The molecule has 3 aromatic rings. The molecule has 0 spiro atoms. The van der Waals surface area contributed by atoms with Crippen LogP contribution in [-0.4, -0.2) is 48.4 Å². The third kappa shape index (κ3) is 3.92. The molecule has 10 heteroatoms. The maximum absolute atomic E-state index is 12.7. The van der Waals surface area contributed by atoms with Gasteiger partial charge in [0.05, 0.1) is 10.8 Å². The van der Waals surface area contributed by atoms with Crippen molar-refractivity contribution in [3.05, 3.63) is 59.4 Å². The summed E-state index contributed by atoms with van der Waals surface area (Å²) in [4.78, 5) is 18.9. The molecule has 1 aromatic heterocycles. The lowest BCUT2D eigenvalue weighted by Crippen LogP contribution is -2.27. The predicted molar refractivity (Wildman–Crippen MR) is 119 cm³/mol. The Bertz CT molecular complexity index is 1250. The number of hydrogen-bond donors (Lipinski definition) is 0. The van der Waals surface area contributed by atoms with Gasteiger partial charge in [0.1, 0.15) is 0 Å². The molecule has 1 amide bonds. The molecule has 5 rings (SSSR count). The first-order chi connectivity index (χ1) is 15.4. The second kappa shape index (κ2) is 8.31. The van der Waals surface area contributed by atoms with Crippen LogP contribution in [0.25, 0.3) is 11.4 Å². The van der Waals surface area contributed by atoms with Crippen molar-refractivity contribution in [2.24, 2.45) is 0 Å². The lowest BCUT2D eigenvalue weighted by Gasteiger charge is -2.16. The van der Waals surface area contributed by atoms with E-state index in [1.165, 1.54) is 4.31 Å². The number of rotatable bonds is 5. The van der Waals surface area contributed by atoms with E-state index in [9.17, 15) is 13.2 Å². The zero-order chi connectivity index (χ0) is 22.3. The molecule has 32 heavy (non-hydrogen) atoms. The highest BCUT2D eigenvalue weighted by Crippen LogP contribution is 2.33. The number of nitrogens with zero attached hydrogens (tertiary/aromatic N) is 4. The van der Waals surface area contributed by atoms with Crippen LogP contribution < -0.4 is 4.90 Å². The van der Waals surface area contributed by atoms with Crippen LogP contribution in [-0.2, 0) is 14.8 Å². The standard InChI is InChI=1S/C22H21ClN4O4S/c23-17-4-3-5-18(13-17)27-14-16(12-20(27)28)22-24-21(25-31-22)15-6-8-19(9-7-15)32(29,30)26-10-1-2-11-26/h3-9,13,16H,1-2,10-12,14H2/t16-/m0/s1. The van der Waals surface area contributed by atoms with Gasteiger partial charge in [-0.3, -0.25) is 4.79 Å². The van der Waals surface area contributed by atoms with Crippen LogP contribution >= 0.6 is 11.6 Å². The summed E-state index contributed by atoms with van der Waals surface area (Å²) in [5, 5.41) is 4.60. The summed E-state index contributed by atoms with van der Waals surface area (Å²) in [5.41, 5.74) is 1.39. The van der Waals surface area contributed by atoms with Gasteiger partial charge in [0.25, 0.3) is 0 Å². The zero-order valence-corrected chi connectivity index (χ0v) is 18.7. The highest BCUT2D eigenvalue weighted by molar-refractivity contribution is 7.89. The van der Waals surface area contributed by atoms with Crippen molar-refractivity contribution in [1.29, 1.82) is 0 Å². The Balaban J connectivity index is 1.32. The third-order valence-corrected chi connectivity index (χ3v) is 8.00. The molecule has 2 aliphatic rings. The Morgan fingerprint density at radius 1 is 1.06 bits per heavy atom. The Morgan fingerprint density at radius 2 is 1.81 bits per heavy atom. The lowest BCUT2D eigenvalue weighted by atomic mass is 10.1. The quantitative estimate of drug-likeness (QED) is 0.561. The minimum Gasteiger partial charge on any atom is -0.339 e. The third-order valence-electron chi connectivity index (χ3n) is 5.85. The fraction of sp³-hybridized carbons (Fsp3) is 0.318. The predicted octanol–water partition coefficient (Wildman–Crippen LogP) is 3.70. The van der Waals surface area contributed by atoms with Crippen LogP contribution in [0.1, 0.15) is 31.1 Å². The lowest BCUT2D eigenvalue weighted by molar-refractivity contribution is -0.117. The molecule has 166 valence electrons. The van der Waals surface area contributed by atoms with E-state index in [0.29, 0.717) is 41.9 Å². The van der Waals surface area contributed by atoms with Crippen molar-refractivity contribution >= 4 is 33.2 Å². The average Bonchev–Trinajstić information content (AvgIpc) is 3.54. The van der Waals surface area contributed by atoms with Crippen LogP contribution in [0.3, 0.4) is 0 Å². The Hall–Kier alpha value is -2.75. The van der Waals surface area contributed by atoms with Crippen molar-refractivity contribution in [1.82, 2.24) is 14.4 Å². The van der Waals surface area contributed by atoms with E-state index in [0.717, 1.165) is 18.5 Å². The minimum absolute atomic E-state index is 0.0338. The maximum atomic E-state index is 12.7. The molecule has 0 N–H and O–H groups in total. The topological polar surface area (TPSA) is 96.6 Å². The Morgan fingerprint density at radius 3 is 2.53 bits per heavy atom. The number of amides is 1. The van der Waals surface area contributed by atoms with Gasteiger partial charge in [-0.25, -0.2) is 8.42 Å². The molecule has 3 heterocycles. The van der Waals surface area contributed by atoms with Gasteiger partial charge in [-0.05, 0) is 55.3 Å². The van der Waals surface area contributed by atoms with Crippen LogP contribution in [0.4, 0.5) is 5.69 Å². The molecule has 1 atom stereocenters. The van der Waals surface area contributed by atoms with Crippen LogP contribution in [0.15, 0.2) is 57.9 Å². The maximum Gasteiger partial charge on any atom is 0.243 e. The van der Waals surface area contributed by atoms with E-state index in [1.807, 2.05) is 6.07 Å². The highest BCUT2D eigenvalue weighted by Gasteiger charge is 2.35. The van der Waals surface area contributed by atoms with E-state index < -0.39 is 10.0 Å². The molecular formula is C22H21ClN4O4S. The Labute approximate surface area is 190 Å². The van der Waals surface area contributed by atoms with Crippen molar-refractivity contribution in [2.45, 2.75) is 30.1 Å². The van der Waals surface area contributed by atoms with E-state index in [2.05, 4.69) is 10.1 Å². The normalized spacial score (nSPS) is 19.7. The zero-order valence-electron chi connectivity index (χ0n) is 17.1. The molecule has 0 unspecified atom stereocenters. The van der Waals surface area contributed by atoms with Crippen molar-refractivity contribution in [2.75, 3.05) is 24.5 Å². The number of carbonyl (C=O) groups excluding carboxylic acids is 1. The van der Waals surface area contributed by atoms with E-state index in [1.54, 1.807) is 47.4 Å². The molecule has 0 aliphatic carbocycles. The largest absolute Gasteiger partial charge is 0.339 e. The summed E-state index contributed by atoms with van der Waals surface area (Å²) in [6.45, 7) is 1.54. The molecule has 8 nitrogen and oxygen atoms in total. The van der Waals surface area contributed by atoms with E-state index in [-0.39, 0.29) is 23.1 Å². The summed E-state index contributed by atoms with van der Waals surface area (Å²) in [6.07, 6.45) is 2.05. The fourth-order valence-electron chi connectivity index (χ4n) is 4.14. The second-order valence-electron chi connectivity index (χ2n) is 7.98. The first kappa shape index (κ1) is 21.1. The number of hydrogen-bond acceptors (Lipinski definition) is 6. The van der Waals surface area contributed by atoms with Crippen LogP contribution in [0.2, 0.25) is 5.02 Å². The van der Waals surface area contributed by atoms with Gasteiger partial charge in [0, 0.05) is 42.3 Å². The summed E-state index contributed by atoms with van der Waals surface area (Å²) in [5.74, 6) is 0.483. The molecular weight excluding hydrogens is 452 g/mol. The summed E-state index contributed by atoms with van der Waals surface area (Å²) in [7, 11) is -3.47. The molecule has 0 radical (unpaired) electrons. The van der Waals surface area contributed by atoms with Gasteiger partial charge in [-0.2, -0.15) is 9.29 Å². The molecule has 0 saturated carbocycles. The van der Waals surface area contributed by atoms with Gasteiger partial charge in [-0.1, -0.05) is 22.8 Å². The minimum atomic E-state index is -3.47. The molecule has 2 aromatic carbocycles. The average molecular weight is 473 g/mol. The monoisotopic (exact) mass is 472 g/mol.